The number of nitrogens with zero attached hydrogens (tertiary/aromatic N) is 1. The Morgan fingerprint density at radius 3 is 2.29 bits per heavy atom. The second-order valence-corrected chi connectivity index (χ2v) is 5.35. The lowest BCUT2D eigenvalue weighted by Gasteiger charge is -2.30. The molecule has 2 nitrogen and oxygen atoms in total. The van der Waals surface area contributed by atoms with Crippen LogP contribution in [0.15, 0.2) is 36.4 Å². The molecule has 0 heterocycles. The molecule has 0 radical (unpaired) electrons. The molecular formula is C17H20F2N2. The first-order valence-electron chi connectivity index (χ1n) is 6.89. The van der Waals surface area contributed by atoms with Crippen LogP contribution < -0.4 is 10.6 Å². The highest BCUT2D eigenvalue weighted by atomic mass is 19.2. The minimum absolute atomic E-state index is 0.198. The monoisotopic (exact) mass is 290 g/mol. The molecule has 0 spiro atoms. The standard InChI is InChI=1S/C17H20F2N2/c1-11-7-12(2)9-13(8-11)21(3)16(10-20)14-5-4-6-15(18)17(14)19/h4-9,16H,10,20H2,1-3H3. The number of nitrogens with two attached hydrogens (primary N) is 1. The summed E-state index contributed by atoms with van der Waals surface area (Å²) in [5.41, 5.74) is 9.26. The zero-order valence-corrected chi connectivity index (χ0v) is 12.5. The van der Waals surface area contributed by atoms with E-state index in [9.17, 15) is 8.78 Å². The summed E-state index contributed by atoms with van der Waals surface area (Å²) in [6, 6.07) is 9.86. The molecule has 4 heteroatoms. The summed E-state index contributed by atoms with van der Waals surface area (Å²) in [5.74, 6) is -1.68. The summed E-state index contributed by atoms with van der Waals surface area (Å²) in [5, 5.41) is 0. The van der Waals surface area contributed by atoms with Gasteiger partial charge in [0.05, 0.1) is 6.04 Å². The van der Waals surface area contributed by atoms with Gasteiger partial charge in [-0.2, -0.15) is 0 Å². The molecule has 0 amide bonds. The molecule has 0 bridgehead atoms. The number of halogens is 2. The average Bonchev–Trinajstić information content (AvgIpc) is 2.43. The van der Waals surface area contributed by atoms with Crippen molar-refractivity contribution in [2.75, 3.05) is 18.5 Å². The molecule has 2 N–H and O–H groups in total. The number of hydrogen-bond acceptors (Lipinski definition) is 2. The average molecular weight is 290 g/mol. The smallest absolute Gasteiger partial charge is 0.164 e. The van der Waals surface area contributed by atoms with Gasteiger partial charge >= 0.3 is 0 Å². The van der Waals surface area contributed by atoms with E-state index < -0.39 is 17.7 Å². The molecule has 0 aromatic heterocycles. The molecule has 0 saturated heterocycles. The molecule has 112 valence electrons. The molecule has 2 aromatic rings. The van der Waals surface area contributed by atoms with Gasteiger partial charge in [0.15, 0.2) is 11.6 Å². The van der Waals surface area contributed by atoms with E-state index in [4.69, 9.17) is 5.73 Å². The van der Waals surface area contributed by atoms with Crippen molar-refractivity contribution in [2.45, 2.75) is 19.9 Å². The highest BCUT2D eigenvalue weighted by Gasteiger charge is 2.21. The lowest BCUT2D eigenvalue weighted by molar-refractivity contribution is 0.486. The Bertz CT molecular complexity index is 620. The van der Waals surface area contributed by atoms with Crippen LogP contribution in [0.25, 0.3) is 0 Å². The normalized spacial score (nSPS) is 12.3. The first-order chi connectivity index (χ1) is 9.93. The molecule has 2 aromatic carbocycles. The number of rotatable bonds is 4. The second-order valence-electron chi connectivity index (χ2n) is 5.35. The van der Waals surface area contributed by atoms with Gasteiger partial charge in [0.2, 0.25) is 0 Å². The van der Waals surface area contributed by atoms with E-state index in [2.05, 4.69) is 6.07 Å². The maximum Gasteiger partial charge on any atom is 0.164 e. The van der Waals surface area contributed by atoms with Gasteiger partial charge in [-0.05, 0) is 43.2 Å². The van der Waals surface area contributed by atoms with Crippen LogP contribution in [-0.4, -0.2) is 13.6 Å². The van der Waals surface area contributed by atoms with Crippen molar-refractivity contribution in [3.8, 4) is 0 Å². The van der Waals surface area contributed by atoms with Gasteiger partial charge in [0.25, 0.3) is 0 Å². The number of likely N-dealkylation sites (N-methyl/N-ethyl adjacent to an activating group) is 1. The van der Waals surface area contributed by atoms with E-state index in [1.54, 1.807) is 6.07 Å². The highest BCUT2D eigenvalue weighted by Crippen LogP contribution is 2.28. The number of anilines is 1. The van der Waals surface area contributed by atoms with Crippen LogP contribution in [0.3, 0.4) is 0 Å². The molecule has 1 atom stereocenters. The molecule has 2 rings (SSSR count). The van der Waals surface area contributed by atoms with E-state index in [1.165, 1.54) is 6.07 Å². The molecule has 0 aliphatic carbocycles. The first kappa shape index (κ1) is 15.4. The Morgan fingerprint density at radius 1 is 1.10 bits per heavy atom. The maximum atomic E-state index is 14.0. The third kappa shape index (κ3) is 3.22. The Balaban J connectivity index is 2.43. The Hall–Kier alpha value is -1.94. The third-order valence-corrected chi connectivity index (χ3v) is 3.64. The molecule has 1 unspecified atom stereocenters. The quantitative estimate of drug-likeness (QED) is 0.930. The van der Waals surface area contributed by atoms with Crippen molar-refractivity contribution in [3.63, 3.8) is 0 Å². The predicted octanol–water partition coefficient (Wildman–Crippen LogP) is 3.72. The Kier molecular flexibility index (Phi) is 4.58. The zero-order valence-electron chi connectivity index (χ0n) is 12.5. The lowest BCUT2D eigenvalue weighted by Crippen LogP contribution is -2.31. The summed E-state index contributed by atoms with van der Waals surface area (Å²) in [4.78, 5) is 1.89. The van der Waals surface area contributed by atoms with Crippen LogP contribution in [0.1, 0.15) is 22.7 Å². The van der Waals surface area contributed by atoms with Crippen LogP contribution in [0.2, 0.25) is 0 Å². The first-order valence-corrected chi connectivity index (χ1v) is 6.89. The van der Waals surface area contributed by atoms with Crippen LogP contribution in [-0.2, 0) is 0 Å². The minimum atomic E-state index is -0.847. The molecule has 0 aliphatic rings. The fraction of sp³-hybridized carbons (Fsp3) is 0.294. The van der Waals surface area contributed by atoms with Gasteiger partial charge < -0.3 is 10.6 Å². The van der Waals surface area contributed by atoms with E-state index >= 15 is 0 Å². The van der Waals surface area contributed by atoms with Gasteiger partial charge in [-0.3, -0.25) is 0 Å². The van der Waals surface area contributed by atoms with Crippen LogP contribution >= 0.6 is 0 Å². The summed E-state index contributed by atoms with van der Waals surface area (Å²) < 4.78 is 27.5. The predicted molar refractivity (Wildman–Crippen MR) is 82.5 cm³/mol. The summed E-state index contributed by atoms with van der Waals surface area (Å²) in [6.07, 6.45) is 0. The largest absolute Gasteiger partial charge is 0.366 e. The van der Waals surface area contributed by atoms with Crippen molar-refractivity contribution < 1.29 is 8.78 Å². The molecule has 0 aliphatic heterocycles. The van der Waals surface area contributed by atoms with Crippen molar-refractivity contribution in [1.82, 2.24) is 0 Å². The van der Waals surface area contributed by atoms with Gasteiger partial charge in [-0.25, -0.2) is 8.78 Å². The Morgan fingerprint density at radius 2 is 1.71 bits per heavy atom. The molecule has 0 saturated carbocycles. The van der Waals surface area contributed by atoms with Crippen molar-refractivity contribution in [3.05, 3.63) is 64.7 Å². The SMILES string of the molecule is Cc1cc(C)cc(N(C)C(CN)c2cccc(F)c2F)c1. The van der Waals surface area contributed by atoms with E-state index in [1.807, 2.05) is 37.9 Å². The van der Waals surface area contributed by atoms with Crippen LogP contribution in [0.4, 0.5) is 14.5 Å². The number of benzene rings is 2. The lowest BCUT2D eigenvalue weighted by atomic mass is 10.0. The van der Waals surface area contributed by atoms with Gasteiger partial charge in [0.1, 0.15) is 0 Å². The molecule has 0 fully saturated rings. The van der Waals surface area contributed by atoms with Crippen molar-refractivity contribution >= 4 is 5.69 Å². The van der Waals surface area contributed by atoms with E-state index in [0.717, 1.165) is 22.9 Å². The van der Waals surface area contributed by atoms with Crippen molar-refractivity contribution in [2.24, 2.45) is 5.73 Å². The number of hydrogen-bond donors (Lipinski definition) is 1. The van der Waals surface area contributed by atoms with E-state index in [-0.39, 0.29) is 12.1 Å². The van der Waals surface area contributed by atoms with Crippen molar-refractivity contribution in [1.29, 1.82) is 0 Å². The summed E-state index contributed by atoms with van der Waals surface area (Å²) in [6.45, 7) is 4.21. The minimum Gasteiger partial charge on any atom is -0.366 e. The number of aryl methyl sites for hydroxylation is 2. The maximum absolute atomic E-state index is 14.0. The fourth-order valence-corrected chi connectivity index (χ4v) is 2.61. The zero-order chi connectivity index (χ0) is 15.6. The second kappa shape index (κ2) is 6.22. The Labute approximate surface area is 124 Å². The summed E-state index contributed by atoms with van der Waals surface area (Å²) in [7, 11) is 1.84. The van der Waals surface area contributed by atoms with E-state index in [0.29, 0.717) is 0 Å². The highest BCUT2D eigenvalue weighted by molar-refractivity contribution is 5.52. The third-order valence-electron chi connectivity index (χ3n) is 3.64. The molecular weight excluding hydrogens is 270 g/mol. The van der Waals surface area contributed by atoms with Crippen LogP contribution in [0.5, 0.6) is 0 Å². The molecule has 21 heavy (non-hydrogen) atoms. The van der Waals surface area contributed by atoms with Gasteiger partial charge in [-0.1, -0.05) is 18.2 Å². The summed E-state index contributed by atoms with van der Waals surface area (Å²) >= 11 is 0. The van der Waals surface area contributed by atoms with Gasteiger partial charge in [-0.15, -0.1) is 0 Å². The van der Waals surface area contributed by atoms with Gasteiger partial charge in [0, 0.05) is 24.8 Å². The fourth-order valence-electron chi connectivity index (χ4n) is 2.61. The topological polar surface area (TPSA) is 29.3 Å². The van der Waals surface area contributed by atoms with Crippen LogP contribution in [0, 0.1) is 25.5 Å².